The molecule has 0 bridgehead atoms. The molecule has 0 radical (unpaired) electrons. The van der Waals surface area contributed by atoms with E-state index in [1.54, 1.807) is 0 Å². The van der Waals surface area contributed by atoms with Gasteiger partial charge < -0.3 is 10.5 Å². The quantitative estimate of drug-likeness (QED) is 0.850. The van der Waals surface area contributed by atoms with Crippen LogP contribution in [-0.2, 0) is 11.3 Å². The predicted octanol–water partition coefficient (Wildman–Crippen LogP) is 1.81. The first-order chi connectivity index (χ1) is 7.40. The summed E-state index contributed by atoms with van der Waals surface area (Å²) in [4.78, 5) is 4.39. The molecule has 0 aromatic carbocycles. The zero-order valence-corrected chi connectivity index (χ0v) is 9.50. The molecule has 1 aliphatic rings. The Bertz CT molecular complexity index is 313. The Balaban J connectivity index is 2.02. The van der Waals surface area contributed by atoms with E-state index in [1.165, 1.54) is 0 Å². The summed E-state index contributed by atoms with van der Waals surface area (Å²) in [6.45, 7) is 2.32. The second-order valence-corrected chi connectivity index (χ2v) is 4.89. The highest BCUT2D eigenvalue weighted by Crippen LogP contribution is 2.30. The van der Waals surface area contributed by atoms with Gasteiger partial charge in [-0.05, 0) is 24.5 Å². The van der Waals surface area contributed by atoms with E-state index < -0.39 is 0 Å². The third-order valence-electron chi connectivity index (χ3n) is 2.52. The van der Waals surface area contributed by atoms with Crippen LogP contribution in [0.25, 0.3) is 0 Å². The van der Waals surface area contributed by atoms with Crippen molar-refractivity contribution < 1.29 is 4.74 Å². The van der Waals surface area contributed by atoms with Crippen molar-refractivity contribution in [3.8, 4) is 0 Å². The summed E-state index contributed by atoms with van der Waals surface area (Å²) in [5.74, 6) is 0. The summed E-state index contributed by atoms with van der Waals surface area (Å²) in [5, 5.41) is 1.73. The van der Waals surface area contributed by atoms with Crippen LogP contribution in [0.3, 0.4) is 0 Å². The first kappa shape index (κ1) is 10.9. The fraction of sp³-hybridized carbons (Fsp3) is 0.545. The third kappa shape index (κ3) is 2.93. The monoisotopic (exact) mass is 224 g/mol. The van der Waals surface area contributed by atoms with Crippen molar-refractivity contribution in [3.05, 3.63) is 23.9 Å². The molecule has 2 N–H and O–H groups in total. The van der Waals surface area contributed by atoms with Gasteiger partial charge in [0, 0.05) is 31.2 Å². The van der Waals surface area contributed by atoms with Gasteiger partial charge in [-0.1, -0.05) is 6.07 Å². The van der Waals surface area contributed by atoms with E-state index >= 15 is 0 Å². The Morgan fingerprint density at radius 2 is 2.27 bits per heavy atom. The molecular weight excluding hydrogens is 208 g/mol. The second-order valence-electron chi connectivity index (χ2n) is 3.60. The minimum Gasteiger partial charge on any atom is -0.381 e. The number of rotatable bonds is 3. The molecule has 0 unspecified atom stereocenters. The van der Waals surface area contributed by atoms with Gasteiger partial charge in [-0.25, -0.2) is 4.98 Å². The number of nitrogens with zero attached hydrogens (tertiary/aromatic N) is 1. The van der Waals surface area contributed by atoms with Gasteiger partial charge in [0.05, 0.1) is 0 Å². The number of nitrogens with two attached hydrogens (primary N) is 1. The maximum atomic E-state index is 5.68. The predicted molar refractivity (Wildman–Crippen MR) is 61.8 cm³/mol. The fourth-order valence-electron chi connectivity index (χ4n) is 1.64. The Kier molecular flexibility index (Phi) is 4.00. The standard InChI is InChI=1S/C11H16N2OS/c12-8-9-2-1-5-13-11(9)15-10-3-6-14-7-4-10/h1-2,5,10H,3-4,6-8,12H2. The Labute approximate surface area is 94.4 Å². The van der Waals surface area contributed by atoms with Gasteiger partial charge in [0.25, 0.3) is 0 Å². The van der Waals surface area contributed by atoms with E-state index in [4.69, 9.17) is 10.5 Å². The maximum absolute atomic E-state index is 5.68. The third-order valence-corrected chi connectivity index (χ3v) is 3.91. The van der Waals surface area contributed by atoms with Gasteiger partial charge in [-0.2, -0.15) is 0 Å². The zero-order valence-electron chi connectivity index (χ0n) is 8.69. The zero-order chi connectivity index (χ0) is 10.5. The van der Waals surface area contributed by atoms with E-state index in [2.05, 4.69) is 11.1 Å². The molecule has 4 heteroatoms. The second kappa shape index (κ2) is 5.49. The van der Waals surface area contributed by atoms with Crippen LogP contribution in [0, 0.1) is 0 Å². The summed E-state index contributed by atoms with van der Waals surface area (Å²) < 4.78 is 5.34. The number of ether oxygens (including phenoxy) is 1. The molecule has 3 nitrogen and oxygen atoms in total. The van der Waals surface area contributed by atoms with Crippen LogP contribution in [-0.4, -0.2) is 23.4 Å². The topological polar surface area (TPSA) is 48.1 Å². The highest BCUT2D eigenvalue weighted by Gasteiger charge is 2.16. The Hall–Kier alpha value is -0.580. The summed E-state index contributed by atoms with van der Waals surface area (Å²) in [5.41, 5.74) is 6.82. The highest BCUT2D eigenvalue weighted by atomic mass is 32.2. The normalized spacial score (nSPS) is 17.9. The summed E-state index contributed by atoms with van der Waals surface area (Å²) in [6.07, 6.45) is 4.07. The Morgan fingerprint density at radius 3 is 3.00 bits per heavy atom. The van der Waals surface area contributed by atoms with Gasteiger partial charge >= 0.3 is 0 Å². The van der Waals surface area contributed by atoms with Crippen LogP contribution in [0.2, 0.25) is 0 Å². The van der Waals surface area contributed by atoms with Crippen LogP contribution < -0.4 is 5.73 Å². The smallest absolute Gasteiger partial charge is 0.101 e. The molecule has 0 atom stereocenters. The average molecular weight is 224 g/mol. The van der Waals surface area contributed by atoms with Crippen molar-refractivity contribution >= 4 is 11.8 Å². The van der Waals surface area contributed by atoms with E-state index in [0.29, 0.717) is 11.8 Å². The lowest BCUT2D eigenvalue weighted by molar-refractivity contribution is 0.1000. The van der Waals surface area contributed by atoms with E-state index in [9.17, 15) is 0 Å². The van der Waals surface area contributed by atoms with Gasteiger partial charge in [0.2, 0.25) is 0 Å². The van der Waals surface area contributed by atoms with Crippen molar-refractivity contribution in [3.63, 3.8) is 0 Å². The van der Waals surface area contributed by atoms with Gasteiger partial charge in [-0.15, -0.1) is 11.8 Å². The highest BCUT2D eigenvalue weighted by molar-refractivity contribution is 7.99. The van der Waals surface area contributed by atoms with E-state index in [0.717, 1.165) is 36.6 Å². The minimum atomic E-state index is 0.569. The molecule has 1 aromatic heterocycles. The lowest BCUT2D eigenvalue weighted by Gasteiger charge is -2.21. The van der Waals surface area contributed by atoms with Crippen molar-refractivity contribution in [2.45, 2.75) is 29.7 Å². The molecule has 2 heterocycles. The molecule has 1 fully saturated rings. The van der Waals surface area contributed by atoms with Gasteiger partial charge in [0.15, 0.2) is 0 Å². The molecule has 1 saturated heterocycles. The van der Waals surface area contributed by atoms with E-state index in [-0.39, 0.29) is 0 Å². The molecule has 0 saturated carbocycles. The first-order valence-electron chi connectivity index (χ1n) is 5.28. The number of pyridine rings is 1. The van der Waals surface area contributed by atoms with Gasteiger partial charge in [0.1, 0.15) is 5.03 Å². The molecule has 0 spiro atoms. The van der Waals surface area contributed by atoms with Crippen LogP contribution in [0.4, 0.5) is 0 Å². The lowest BCUT2D eigenvalue weighted by Crippen LogP contribution is -2.18. The number of aromatic nitrogens is 1. The van der Waals surface area contributed by atoms with Gasteiger partial charge in [-0.3, -0.25) is 0 Å². The van der Waals surface area contributed by atoms with Crippen molar-refractivity contribution in [1.29, 1.82) is 0 Å². The maximum Gasteiger partial charge on any atom is 0.101 e. The summed E-state index contributed by atoms with van der Waals surface area (Å²) >= 11 is 1.84. The SMILES string of the molecule is NCc1cccnc1SC1CCOCC1. The molecule has 0 aliphatic carbocycles. The molecule has 1 aromatic rings. The first-order valence-corrected chi connectivity index (χ1v) is 6.16. The molecular formula is C11H16N2OS. The fourth-order valence-corrected chi connectivity index (χ4v) is 2.81. The van der Waals surface area contributed by atoms with Crippen LogP contribution in [0.5, 0.6) is 0 Å². The summed E-state index contributed by atoms with van der Waals surface area (Å²) in [6, 6.07) is 3.99. The van der Waals surface area contributed by atoms with Crippen LogP contribution in [0.1, 0.15) is 18.4 Å². The summed E-state index contributed by atoms with van der Waals surface area (Å²) in [7, 11) is 0. The largest absolute Gasteiger partial charge is 0.381 e. The van der Waals surface area contributed by atoms with Crippen LogP contribution >= 0.6 is 11.8 Å². The molecule has 82 valence electrons. The minimum absolute atomic E-state index is 0.569. The lowest BCUT2D eigenvalue weighted by atomic mass is 10.2. The van der Waals surface area contributed by atoms with Crippen molar-refractivity contribution in [1.82, 2.24) is 4.98 Å². The number of hydrogen-bond acceptors (Lipinski definition) is 4. The van der Waals surface area contributed by atoms with Crippen LogP contribution in [0.15, 0.2) is 23.4 Å². The average Bonchev–Trinajstić information content (AvgIpc) is 2.31. The molecule has 1 aliphatic heterocycles. The number of thioether (sulfide) groups is 1. The number of hydrogen-bond donors (Lipinski definition) is 1. The van der Waals surface area contributed by atoms with E-state index in [1.807, 2.05) is 24.0 Å². The van der Waals surface area contributed by atoms with Crippen molar-refractivity contribution in [2.75, 3.05) is 13.2 Å². The molecule has 0 amide bonds. The molecule has 15 heavy (non-hydrogen) atoms. The Morgan fingerprint density at radius 1 is 1.47 bits per heavy atom. The van der Waals surface area contributed by atoms with Crippen molar-refractivity contribution in [2.24, 2.45) is 5.73 Å². The molecule has 2 rings (SSSR count).